The molecule has 0 radical (unpaired) electrons. The molecule has 2 heterocycles. The minimum Gasteiger partial charge on any atom is -0.345 e. The van der Waals surface area contributed by atoms with E-state index in [0.29, 0.717) is 0 Å². The first-order chi connectivity index (χ1) is 9.31. The highest BCUT2D eigenvalue weighted by Gasteiger charge is 2.13. The molecule has 4 nitrogen and oxygen atoms in total. The number of rotatable bonds is 3. The number of H-pyrrole nitrogens is 1. The highest BCUT2D eigenvalue weighted by atomic mass is 32.1. The molecule has 0 bridgehead atoms. The van der Waals surface area contributed by atoms with Gasteiger partial charge >= 0.3 is 0 Å². The summed E-state index contributed by atoms with van der Waals surface area (Å²) in [4.78, 5) is 11.9. The van der Waals surface area contributed by atoms with E-state index in [1.807, 2.05) is 30.5 Å². The predicted octanol–water partition coefficient (Wildman–Crippen LogP) is 3.70. The third-order valence-corrected chi connectivity index (χ3v) is 4.06. The lowest BCUT2D eigenvalue weighted by Crippen LogP contribution is -1.92. The second-order valence-electron chi connectivity index (χ2n) is 4.30. The molecule has 3 rings (SSSR count). The monoisotopic (exact) mass is 268 g/mol. The van der Waals surface area contributed by atoms with Crippen LogP contribution < -0.4 is 0 Å². The molecule has 1 unspecified atom stereocenters. The molecule has 2 aromatic heterocycles. The summed E-state index contributed by atoms with van der Waals surface area (Å²) in [6.07, 6.45) is 2.48. The maximum absolute atomic E-state index is 9.08. The average Bonchev–Trinajstić information content (AvgIpc) is 3.08. The summed E-state index contributed by atoms with van der Waals surface area (Å²) in [6.45, 7) is 2.01. The Morgan fingerprint density at radius 3 is 3.16 bits per heavy atom. The van der Waals surface area contributed by atoms with Gasteiger partial charge in [-0.3, -0.25) is 0 Å². The van der Waals surface area contributed by atoms with Crippen molar-refractivity contribution >= 4 is 22.4 Å². The summed E-state index contributed by atoms with van der Waals surface area (Å²) in [7, 11) is 0. The van der Waals surface area contributed by atoms with Crippen LogP contribution in [0.3, 0.4) is 0 Å². The summed E-state index contributed by atoms with van der Waals surface area (Å²) in [5.74, 6) is -0.102. The summed E-state index contributed by atoms with van der Waals surface area (Å²) < 4.78 is 0. The third-order valence-electron chi connectivity index (χ3n) is 3.10. The van der Waals surface area contributed by atoms with Gasteiger partial charge in [-0.05, 0) is 18.6 Å². The maximum Gasteiger partial charge on any atom is 0.110 e. The lowest BCUT2D eigenvalue weighted by molar-refractivity contribution is 0.810. The van der Waals surface area contributed by atoms with Crippen molar-refractivity contribution < 1.29 is 0 Å². The van der Waals surface area contributed by atoms with Gasteiger partial charge in [0.15, 0.2) is 0 Å². The van der Waals surface area contributed by atoms with E-state index in [-0.39, 0.29) is 5.92 Å². The Bertz CT molecular complexity index is 750. The lowest BCUT2D eigenvalue weighted by Gasteiger charge is -2.00. The molecule has 0 aliphatic heterocycles. The van der Waals surface area contributed by atoms with Crippen molar-refractivity contribution in [3.63, 3.8) is 0 Å². The highest BCUT2D eigenvalue weighted by molar-refractivity contribution is 7.10. The van der Waals surface area contributed by atoms with Crippen molar-refractivity contribution in [1.82, 2.24) is 15.0 Å². The number of nitriles is 1. The van der Waals surface area contributed by atoms with Gasteiger partial charge in [0.2, 0.25) is 0 Å². The van der Waals surface area contributed by atoms with Crippen molar-refractivity contribution in [2.24, 2.45) is 0 Å². The maximum atomic E-state index is 9.08. The van der Waals surface area contributed by atoms with Gasteiger partial charge in [-0.1, -0.05) is 13.0 Å². The quantitative estimate of drug-likeness (QED) is 0.787. The average molecular weight is 268 g/mol. The number of hydrogen-bond donors (Lipinski definition) is 1. The summed E-state index contributed by atoms with van der Waals surface area (Å²) >= 11 is 1.55. The van der Waals surface area contributed by atoms with E-state index in [1.165, 1.54) is 0 Å². The first-order valence-electron chi connectivity index (χ1n) is 6.10. The molecule has 1 aromatic carbocycles. The first kappa shape index (κ1) is 11.9. The molecule has 0 aliphatic carbocycles. The highest BCUT2D eigenvalue weighted by Crippen LogP contribution is 2.29. The van der Waals surface area contributed by atoms with Crippen LogP contribution in [0, 0.1) is 11.3 Å². The number of hydrogen-bond acceptors (Lipinski definition) is 4. The molecule has 1 N–H and O–H groups in total. The topological polar surface area (TPSA) is 65.4 Å². The number of nitrogens with one attached hydrogen (secondary N) is 1. The molecule has 94 valence electrons. The van der Waals surface area contributed by atoms with E-state index in [0.717, 1.165) is 33.7 Å². The van der Waals surface area contributed by atoms with E-state index in [2.05, 4.69) is 21.0 Å². The predicted molar refractivity (Wildman–Crippen MR) is 75.8 cm³/mol. The minimum atomic E-state index is -0.102. The summed E-state index contributed by atoms with van der Waals surface area (Å²) in [5, 5.41) is 12.0. The molecule has 0 fully saturated rings. The Hall–Kier alpha value is -2.19. The van der Waals surface area contributed by atoms with Crippen LogP contribution in [0.5, 0.6) is 0 Å². The van der Waals surface area contributed by atoms with E-state index in [1.54, 1.807) is 17.7 Å². The van der Waals surface area contributed by atoms with E-state index >= 15 is 0 Å². The molecular formula is C14H12N4S. The zero-order chi connectivity index (χ0) is 13.2. The van der Waals surface area contributed by atoms with Gasteiger partial charge in [0.1, 0.15) is 5.01 Å². The Morgan fingerprint density at radius 1 is 1.47 bits per heavy atom. The number of benzene rings is 1. The van der Waals surface area contributed by atoms with Crippen LogP contribution in [0.4, 0.5) is 0 Å². The third kappa shape index (κ3) is 2.11. The van der Waals surface area contributed by atoms with Gasteiger partial charge in [-0.25, -0.2) is 9.97 Å². The molecule has 1 atom stereocenters. The zero-order valence-electron chi connectivity index (χ0n) is 10.4. The van der Waals surface area contributed by atoms with Gasteiger partial charge in [0.05, 0.1) is 35.0 Å². The Morgan fingerprint density at radius 2 is 2.37 bits per heavy atom. The number of imidazole rings is 1. The van der Waals surface area contributed by atoms with Crippen molar-refractivity contribution in [2.45, 2.75) is 19.3 Å². The Balaban J connectivity index is 2.00. The van der Waals surface area contributed by atoms with Gasteiger partial charge in [0.25, 0.3) is 0 Å². The zero-order valence-corrected chi connectivity index (χ0v) is 11.2. The van der Waals surface area contributed by atoms with Crippen LogP contribution in [0.1, 0.15) is 24.3 Å². The fraction of sp³-hybridized carbons (Fsp3) is 0.214. The molecule has 0 saturated heterocycles. The molecule has 19 heavy (non-hydrogen) atoms. The molecule has 0 saturated carbocycles. The van der Waals surface area contributed by atoms with E-state index < -0.39 is 0 Å². The minimum absolute atomic E-state index is 0.102. The SMILES string of the molecule is CCC(C#N)c1nc(-c2ccc3nc[nH]c3c2)cs1. The van der Waals surface area contributed by atoms with Crippen molar-refractivity contribution in [2.75, 3.05) is 0 Å². The van der Waals surface area contributed by atoms with Crippen LogP contribution in [-0.4, -0.2) is 15.0 Å². The van der Waals surface area contributed by atoms with Crippen molar-refractivity contribution in [1.29, 1.82) is 5.26 Å². The molecule has 3 aromatic rings. The van der Waals surface area contributed by atoms with Crippen LogP contribution in [-0.2, 0) is 0 Å². The first-order valence-corrected chi connectivity index (χ1v) is 6.98. The molecule has 5 heteroatoms. The Labute approximate surface area is 114 Å². The number of fused-ring (bicyclic) bond motifs is 1. The van der Waals surface area contributed by atoms with Crippen LogP contribution >= 0.6 is 11.3 Å². The normalized spacial score (nSPS) is 12.4. The largest absolute Gasteiger partial charge is 0.345 e. The van der Waals surface area contributed by atoms with Crippen LogP contribution in [0.2, 0.25) is 0 Å². The number of nitrogens with zero attached hydrogens (tertiary/aromatic N) is 3. The lowest BCUT2D eigenvalue weighted by atomic mass is 10.1. The second-order valence-corrected chi connectivity index (χ2v) is 5.19. The smallest absolute Gasteiger partial charge is 0.110 e. The fourth-order valence-corrected chi connectivity index (χ4v) is 2.95. The Kier molecular flexibility index (Phi) is 3.02. The van der Waals surface area contributed by atoms with Crippen LogP contribution in [0.15, 0.2) is 29.9 Å². The van der Waals surface area contributed by atoms with Gasteiger partial charge < -0.3 is 4.98 Å². The summed E-state index contributed by atoms with van der Waals surface area (Å²) in [5.41, 5.74) is 3.92. The molecule has 0 spiro atoms. The standard InChI is InChI=1S/C14H12N4S/c1-2-9(6-15)14-18-13(7-19-14)10-3-4-11-12(5-10)17-8-16-11/h3-5,7-9H,2H2,1H3,(H,16,17). The molecule has 0 amide bonds. The van der Waals surface area contributed by atoms with Gasteiger partial charge in [-0.15, -0.1) is 11.3 Å². The fourth-order valence-electron chi connectivity index (χ4n) is 2.00. The van der Waals surface area contributed by atoms with E-state index in [9.17, 15) is 0 Å². The number of aromatic amines is 1. The number of thiazole rings is 1. The van der Waals surface area contributed by atoms with Crippen molar-refractivity contribution in [3.05, 3.63) is 34.9 Å². The number of aromatic nitrogens is 3. The van der Waals surface area contributed by atoms with Gasteiger partial charge in [0, 0.05) is 10.9 Å². The van der Waals surface area contributed by atoms with Gasteiger partial charge in [-0.2, -0.15) is 5.26 Å². The van der Waals surface area contributed by atoms with E-state index in [4.69, 9.17) is 5.26 Å². The second kappa shape index (κ2) is 4.82. The van der Waals surface area contributed by atoms with Crippen LogP contribution in [0.25, 0.3) is 22.3 Å². The van der Waals surface area contributed by atoms with Crippen molar-refractivity contribution in [3.8, 4) is 17.3 Å². The molecule has 0 aliphatic rings. The molecular weight excluding hydrogens is 256 g/mol. The summed E-state index contributed by atoms with van der Waals surface area (Å²) in [6, 6.07) is 8.31.